The molecule has 0 unspecified atom stereocenters. The van der Waals surface area contributed by atoms with Gasteiger partial charge in [-0.05, 0) is 108 Å². The molecule has 3 aromatic heterocycles. The van der Waals surface area contributed by atoms with Crippen molar-refractivity contribution >= 4 is 69.1 Å². The fourth-order valence-electron chi connectivity index (χ4n) is 7.06. The molecule has 58 heavy (non-hydrogen) atoms. The number of aromatic amines is 2. The lowest BCUT2D eigenvalue weighted by atomic mass is 10.0. The minimum Gasteiger partial charge on any atom is -0.353 e. The maximum atomic E-state index is 13.5. The van der Waals surface area contributed by atoms with Gasteiger partial charge in [-0.3, -0.25) is 0 Å². The highest BCUT2D eigenvalue weighted by molar-refractivity contribution is 5.99. The molecular weight excluding hydrogens is 751 g/mol. The Morgan fingerprint density at radius 1 is 0.379 bits per heavy atom. The third-order valence-corrected chi connectivity index (χ3v) is 9.84. The minimum atomic E-state index is -4.49. The Labute approximate surface area is 327 Å². The number of rotatable bonds is 6. The van der Waals surface area contributed by atoms with Crippen molar-refractivity contribution in [2.75, 3.05) is 10.6 Å². The average Bonchev–Trinajstić information content (AvgIpc) is 4.06. The number of benzene rings is 4. The summed E-state index contributed by atoms with van der Waals surface area (Å²) in [5.74, 6) is 0. The zero-order valence-corrected chi connectivity index (χ0v) is 30.2. The van der Waals surface area contributed by atoms with Crippen molar-refractivity contribution in [2.24, 2.45) is 0 Å². The van der Waals surface area contributed by atoms with E-state index in [0.717, 1.165) is 46.5 Å². The third kappa shape index (κ3) is 7.11. The van der Waals surface area contributed by atoms with Crippen LogP contribution < -0.4 is 10.6 Å². The van der Waals surface area contributed by atoms with E-state index in [-0.39, 0.29) is 0 Å². The van der Waals surface area contributed by atoms with Gasteiger partial charge in [0, 0.05) is 33.5 Å². The summed E-state index contributed by atoms with van der Waals surface area (Å²) in [5, 5.41) is 6.68. The minimum absolute atomic E-state index is 0.428. The summed E-state index contributed by atoms with van der Waals surface area (Å²) in [6.07, 6.45) is -1.51. The molecule has 0 atom stereocenters. The van der Waals surface area contributed by atoms with Crippen LogP contribution in [-0.2, 0) is 12.4 Å². The molecule has 2 aliphatic heterocycles. The molecule has 0 radical (unpaired) electrons. The Bertz CT molecular complexity index is 2690. The van der Waals surface area contributed by atoms with Crippen molar-refractivity contribution in [3.8, 4) is 22.3 Å². The first kappa shape index (κ1) is 36.3. The number of alkyl halides is 6. The highest BCUT2D eigenvalue weighted by Crippen LogP contribution is 2.38. The van der Waals surface area contributed by atoms with Gasteiger partial charge in [-0.15, -0.1) is 0 Å². The molecule has 0 saturated heterocycles. The van der Waals surface area contributed by atoms with E-state index >= 15 is 0 Å². The van der Waals surface area contributed by atoms with E-state index in [4.69, 9.17) is 9.97 Å². The molecular formula is C46H30F6N6. The van der Waals surface area contributed by atoms with Gasteiger partial charge in [-0.25, -0.2) is 9.97 Å². The Morgan fingerprint density at radius 3 is 1.09 bits per heavy atom. The molecule has 286 valence electrons. The third-order valence-electron chi connectivity index (χ3n) is 9.84. The van der Waals surface area contributed by atoms with Gasteiger partial charge in [0.25, 0.3) is 0 Å². The lowest BCUT2D eigenvalue weighted by Gasteiger charge is -2.11. The summed E-state index contributed by atoms with van der Waals surface area (Å²) in [5.41, 5.74) is 8.55. The van der Waals surface area contributed by atoms with Crippen LogP contribution in [0.1, 0.15) is 33.9 Å². The molecule has 5 heterocycles. The van der Waals surface area contributed by atoms with Gasteiger partial charge < -0.3 is 20.6 Å². The van der Waals surface area contributed by atoms with E-state index in [2.05, 4.69) is 20.6 Å². The first-order chi connectivity index (χ1) is 28.0. The highest BCUT2D eigenvalue weighted by atomic mass is 19.4. The Hall–Kier alpha value is -7.34. The molecule has 6 nitrogen and oxygen atoms in total. The van der Waals surface area contributed by atoms with Crippen molar-refractivity contribution in [1.82, 2.24) is 19.9 Å². The Balaban J connectivity index is 1.34. The number of H-pyrrole nitrogens is 2. The number of fused-ring (bicyclic) bond motifs is 8. The van der Waals surface area contributed by atoms with Crippen LogP contribution in [-0.4, -0.2) is 19.9 Å². The Morgan fingerprint density at radius 2 is 0.724 bits per heavy atom. The molecule has 4 N–H and O–H groups in total. The molecule has 7 aromatic rings. The molecule has 4 aromatic carbocycles. The van der Waals surface area contributed by atoms with Gasteiger partial charge in [0.15, 0.2) is 0 Å². The summed E-state index contributed by atoms with van der Waals surface area (Å²) in [6.45, 7) is 0. The van der Waals surface area contributed by atoms with Crippen LogP contribution in [0.3, 0.4) is 0 Å². The van der Waals surface area contributed by atoms with E-state index in [1.165, 1.54) is 24.3 Å². The number of hydrogen-bond acceptors (Lipinski definition) is 4. The monoisotopic (exact) mass is 780 g/mol. The second-order valence-corrected chi connectivity index (χ2v) is 13.6. The number of aromatic nitrogens is 4. The summed E-state index contributed by atoms with van der Waals surface area (Å²) < 4.78 is 80.9. The molecule has 0 amide bonds. The highest BCUT2D eigenvalue weighted by Gasteiger charge is 2.31. The summed E-state index contributed by atoms with van der Waals surface area (Å²) in [6, 6.07) is 36.6. The van der Waals surface area contributed by atoms with Crippen LogP contribution in [0.2, 0.25) is 0 Å². The molecule has 9 rings (SSSR count). The standard InChI is InChI=1S/C46H30F6N6/c47-45(48,49)29-11-15-31(16-12-29)53-43-37-23-19-33(55-37)41(27-7-3-1-4-8-27)34-20-24-38(56-34)44(54-32-17-13-30(14-18-32)46(50,51)52)40-26-22-36(58-40)42(28-9-5-2-6-10-28)35-21-25-39(43)57-35/h1-26,53-55,58H. The zero-order valence-electron chi connectivity index (χ0n) is 30.2. The maximum absolute atomic E-state index is 13.5. The van der Waals surface area contributed by atoms with Crippen LogP contribution in [0.15, 0.2) is 133 Å². The van der Waals surface area contributed by atoms with Crippen LogP contribution >= 0.6 is 0 Å². The zero-order chi connectivity index (χ0) is 40.0. The molecule has 2 aliphatic rings. The maximum Gasteiger partial charge on any atom is 0.416 e. The van der Waals surface area contributed by atoms with E-state index in [0.29, 0.717) is 67.6 Å². The van der Waals surface area contributed by atoms with Crippen LogP contribution in [0.25, 0.3) is 68.6 Å². The van der Waals surface area contributed by atoms with Crippen molar-refractivity contribution in [2.45, 2.75) is 12.4 Å². The predicted molar refractivity (Wildman–Crippen MR) is 219 cm³/mol. The second kappa shape index (κ2) is 14.3. The van der Waals surface area contributed by atoms with Gasteiger partial charge in [-0.1, -0.05) is 60.7 Å². The van der Waals surface area contributed by atoms with Crippen molar-refractivity contribution in [3.05, 3.63) is 167 Å². The molecule has 8 bridgehead atoms. The average molecular weight is 781 g/mol. The van der Waals surface area contributed by atoms with Gasteiger partial charge in [0.2, 0.25) is 0 Å². The van der Waals surface area contributed by atoms with Gasteiger partial charge >= 0.3 is 12.4 Å². The van der Waals surface area contributed by atoms with Gasteiger partial charge in [-0.2, -0.15) is 26.3 Å². The number of nitrogens with zero attached hydrogens (tertiary/aromatic N) is 2. The smallest absolute Gasteiger partial charge is 0.353 e. The van der Waals surface area contributed by atoms with Gasteiger partial charge in [0.1, 0.15) is 0 Å². The molecule has 12 heteroatoms. The number of hydrogen-bond donors (Lipinski definition) is 4. The predicted octanol–water partition coefficient (Wildman–Crippen LogP) is 13.5. The first-order valence-corrected chi connectivity index (χ1v) is 18.1. The summed E-state index contributed by atoms with van der Waals surface area (Å²) >= 11 is 0. The number of nitrogens with one attached hydrogen (secondary N) is 4. The normalized spacial score (nSPS) is 12.5. The lowest BCUT2D eigenvalue weighted by Crippen LogP contribution is -2.04. The fourth-order valence-corrected chi connectivity index (χ4v) is 7.06. The quantitative estimate of drug-likeness (QED) is 0.127. The molecule has 0 spiro atoms. The molecule has 0 aliphatic carbocycles. The number of halogens is 6. The van der Waals surface area contributed by atoms with Gasteiger partial charge in [0.05, 0.1) is 56.3 Å². The Kier molecular flexibility index (Phi) is 8.96. The van der Waals surface area contributed by atoms with Crippen molar-refractivity contribution < 1.29 is 26.3 Å². The van der Waals surface area contributed by atoms with E-state index in [1.54, 1.807) is 0 Å². The van der Waals surface area contributed by atoms with Crippen molar-refractivity contribution in [3.63, 3.8) is 0 Å². The summed E-state index contributed by atoms with van der Waals surface area (Å²) in [7, 11) is 0. The van der Waals surface area contributed by atoms with E-state index < -0.39 is 23.5 Å². The van der Waals surface area contributed by atoms with Crippen LogP contribution in [0.4, 0.5) is 49.1 Å². The van der Waals surface area contributed by atoms with Crippen LogP contribution in [0, 0.1) is 0 Å². The second-order valence-electron chi connectivity index (χ2n) is 13.6. The number of anilines is 4. The lowest BCUT2D eigenvalue weighted by molar-refractivity contribution is -0.138. The summed E-state index contributed by atoms with van der Waals surface area (Å²) in [4.78, 5) is 17.3. The SMILES string of the molecule is FC(F)(F)c1ccc(Nc2c3nc(c(-c4ccccc4)c4ccc([nH]4)c(Nc4ccc(C(F)(F)F)cc4)c4nc(c(-c5ccccc5)c5ccc2[nH]5)C=C4)C=C3)cc1. The van der Waals surface area contributed by atoms with E-state index in [9.17, 15) is 26.3 Å². The molecule has 0 saturated carbocycles. The van der Waals surface area contributed by atoms with E-state index in [1.807, 2.05) is 109 Å². The molecule has 0 fully saturated rings. The largest absolute Gasteiger partial charge is 0.416 e. The fraction of sp³-hybridized carbons (Fsp3) is 0.0435. The topological polar surface area (TPSA) is 81.4 Å². The van der Waals surface area contributed by atoms with Crippen LogP contribution in [0.5, 0.6) is 0 Å². The van der Waals surface area contributed by atoms with Crippen molar-refractivity contribution in [1.29, 1.82) is 0 Å². The first-order valence-electron chi connectivity index (χ1n) is 18.1.